The molecule has 0 saturated carbocycles. The number of methoxy groups -OCH3 is 1. The summed E-state index contributed by atoms with van der Waals surface area (Å²) in [7, 11) is 1.50. The van der Waals surface area contributed by atoms with Gasteiger partial charge in [-0.05, 0) is 79.3 Å². The molecule has 3 aromatic rings. The lowest BCUT2D eigenvalue weighted by atomic mass is 9.85. The summed E-state index contributed by atoms with van der Waals surface area (Å²) >= 11 is 0. The maximum atomic E-state index is 13.5. The van der Waals surface area contributed by atoms with Gasteiger partial charge in [-0.1, -0.05) is 32.9 Å². The second kappa shape index (κ2) is 8.77. The molecule has 1 aliphatic heterocycles. The van der Waals surface area contributed by atoms with Gasteiger partial charge in [0.1, 0.15) is 29.1 Å². The number of ketones is 1. The third-order valence-electron chi connectivity index (χ3n) is 6.28. The standard InChI is InChI=1S/C29H31NO5/c1-16-12-17(2)14-20(13-16)30-25(23-10-8-18(3)35-23)24(27(32)28(30)33)26(31)21-15-19(29(4,5)6)9-11-22(21)34-7/h8-15,25,31H,1-7H3/b26-24+. The van der Waals surface area contributed by atoms with Gasteiger partial charge >= 0.3 is 0 Å². The fourth-order valence-corrected chi connectivity index (χ4v) is 4.56. The minimum atomic E-state index is -0.923. The van der Waals surface area contributed by atoms with Crippen LogP contribution in [0.4, 0.5) is 5.69 Å². The Bertz CT molecular complexity index is 1340. The Labute approximate surface area is 205 Å². The number of benzene rings is 2. The average molecular weight is 474 g/mol. The second-order valence-electron chi connectivity index (χ2n) is 10.1. The van der Waals surface area contributed by atoms with Crippen LogP contribution in [0, 0.1) is 20.8 Å². The first-order chi connectivity index (χ1) is 16.4. The van der Waals surface area contributed by atoms with E-state index in [1.807, 2.05) is 44.2 Å². The molecule has 0 aliphatic carbocycles. The van der Waals surface area contributed by atoms with Crippen molar-refractivity contribution in [3.63, 3.8) is 0 Å². The van der Waals surface area contributed by atoms with E-state index >= 15 is 0 Å². The number of rotatable bonds is 4. The number of furan rings is 1. The van der Waals surface area contributed by atoms with E-state index in [0.717, 1.165) is 16.7 Å². The number of aryl methyl sites for hydroxylation is 3. The molecule has 6 heteroatoms. The number of hydrogen-bond donors (Lipinski definition) is 1. The molecule has 2 heterocycles. The van der Waals surface area contributed by atoms with Crippen molar-refractivity contribution in [2.45, 2.75) is 53.0 Å². The minimum absolute atomic E-state index is 0.0344. The first kappa shape index (κ1) is 24.3. The number of nitrogens with zero attached hydrogens (tertiary/aromatic N) is 1. The molecule has 0 bridgehead atoms. The zero-order valence-electron chi connectivity index (χ0n) is 21.2. The highest BCUT2D eigenvalue weighted by Gasteiger charge is 2.48. The molecule has 35 heavy (non-hydrogen) atoms. The molecular formula is C29H31NO5. The van der Waals surface area contributed by atoms with Crippen molar-refractivity contribution in [3.8, 4) is 5.75 Å². The molecule has 4 rings (SSSR count). The number of carbonyl (C=O) groups excluding carboxylic acids is 2. The fraction of sp³-hybridized carbons (Fsp3) is 0.310. The second-order valence-corrected chi connectivity index (χ2v) is 10.1. The van der Waals surface area contributed by atoms with Gasteiger partial charge in [-0.2, -0.15) is 0 Å². The quantitative estimate of drug-likeness (QED) is 0.280. The average Bonchev–Trinajstić information content (AvgIpc) is 3.32. The summed E-state index contributed by atoms with van der Waals surface area (Å²) in [6.07, 6.45) is 0. The van der Waals surface area contributed by atoms with Crippen molar-refractivity contribution in [1.29, 1.82) is 0 Å². The zero-order chi connectivity index (χ0) is 25.7. The van der Waals surface area contributed by atoms with Crippen molar-refractivity contribution in [2.24, 2.45) is 0 Å². The smallest absolute Gasteiger partial charge is 0.300 e. The third kappa shape index (κ3) is 4.36. The van der Waals surface area contributed by atoms with Crippen LogP contribution in [-0.4, -0.2) is 23.9 Å². The Hall–Kier alpha value is -3.80. The Morgan fingerprint density at radius 2 is 1.63 bits per heavy atom. The van der Waals surface area contributed by atoms with Gasteiger partial charge in [-0.3, -0.25) is 14.5 Å². The normalized spacial score (nSPS) is 17.8. The molecule has 0 spiro atoms. The van der Waals surface area contributed by atoms with Crippen LogP contribution in [0.3, 0.4) is 0 Å². The molecule has 1 aliphatic rings. The van der Waals surface area contributed by atoms with Crippen LogP contribution in [0.15, 0.2) is 58.5 Å². The molecule has 1 amide bonds. The first-order valence-corrected chi connectivity index (χ1v) is 11.6. The molecule has 0 radical (unpaired) electrons. The number of Topliss-reactive ketones (excluding diaryl/α,β-unsaturated/α-hetero) is 1. The predicted octanol–water partition coefficient (Wildman–Crippen LogP) is 6.14. The van der Waals surface area contributed by atoms with E-state index < -0.39 is 17.7 Å². The minimum Gasteiger partial charge on any atom is -0.507 e. The lowest BCUT2D eigenvalue weighted by Gasteiger charge is -2.25. The zero-order valence-corrected chi connectivity index (χ0v) is 21.2. The number of anilines is 1. The van der Waals surface area contributed by atoms with Gasteiger partial charge in [-0.25, -0.2) is 0 Å². The van der Waals surface area contributed by atoms with Gasteiger partial charge in [0.05, 0.1) is 18.2 Å². The fourth-order valence-electron chi connectivity index (χ4n) is 4.56. The largest absolute Gasteiger partial charge is 0.507 e. The molecule has 1 N–H and O–H groups in total. The lowest BCUT2D eigenvalue weighted by Crippen LogP contribution is -2.29. The third-order valence-corrected chi connectivity index (χ3v) is 6.28. The van der Waals surface area contributed by atoms with Gasteiger partial charge in [-0.15, -0.1) is 0 Å². The van der Waals surface area contributed by atoms with Crippen LogP contribution in [0.1, 0.15) is 60.6 Å². The summed E-state index contributed by atoms with van der Waals surface area (Å²) in [6, 6.07) is 13.8. The lowest BCUT2D eigenvalue weighted by molar-refractivity contribution is -0.132. The summed E-state index contributed by atoms with van der Waals surface area (Å²) in [5.41, 5.74) is 3.54. The van der Waals surface area contributed by atoms with Crippen LogP contribution < -0.4 is 9.64 Å². The van der Waals surface area contributed by atoms with E-state index in [1.54, 1.807) is 25.1 Å². The van der Waals surface area contributed by atoms with E-state index in [4.69, 9.17) is 9.15 Å². The van der Waals surface area contributed by atoms with E-state index in [-0.39, 0.29) is 16.7 Å². The van der Waals surface area contributed by atoms with Crippen molar-refractivity contribution in [1.82, 2.24) is 0 Å². The number of carbonyl (C=O) groups is 2. The highest BCUT2D eigenvalue weighted by molar-refractivity contribution is 6.51. The van der Waals surface area contributed by atoms with Gasteiger partial charge < -0.3 is 14.3 Å². The molecule has 182 valence electrons. The highest BCUT2D eigenvalue weighted by atomic mass is 16.5. The van der Waals surface area contributed by atoms with Crippen molar-refractivity contribution in [2.75, 3.05) is 12.0 Å². The summed E-state index contributed by atoms with van der Waals surface area (Å²) in [6.45, 7) is 11.8. The maximum absolute atomic E-state index is 13.5. The predicted molar refractivity (Wildman–Crippen MR) is 136 cm³/mol. The van der Waals surface area contributed by atoms with Crippen molar-refractivity contribution < 1.29 is 23.8 Å². The number of hydrogen-bond acceptors (Lipinski definition) is 5. The molecule has 6 nitrogen and oxygen atoms in total. The number of aliphatic hydroxyl groups excluding tert-OH is 1. The van der Waals surface area contributed by atoms with Crippen LogP contribution in [-0.2, 0) is 15.0 Å². The van der Waals surface area contributed by atoms with Crippen molar-refractivity contribution >= 4 is 23.1 Å². The summed E-state index contributed by atoms with van der Waals surface area (Å²) < 4.78 is 11.4. The maximum Gasteiger partial charge on any atom is 0.300 e. The van der Waals surface area contributed by atoms with Crippen LogP contribution >= 0.6 is 0 Å². The monoisotopic (exact) mass is 473 g/mol. The Morgan fingerprint density at radius 1 is 0.971 bits per heavy atom. The van der Waals surface area contributed by atoms with E-state index in [1.165, 1.54) is 12.0 Å². The van der Waals surface area contributed by atoms with Gasteiger partial charge in [0.25, 0.3) is 11.7 Å². The number of ether oxygens (including phenoxy) is 1. The van der Waals surface area contributed by atoms with E-state index in [2.05, 4.69) is 20.8 Å². The van der Waals surface area contributed by atoms with Gasteiger partial charge in [0, 0.05) is 5.69 Å². The first-order valence-electron chi connectivity index (χ1n) is 11.6. The molecule has 1 atom stereocenters. The summed E-state index contributed by atoms with van der Waals surface area (Å²) in [5, 5.41) is 11.6. The van der Waals surface area contributed by atoms with Gasteiger partial charge in [0.15, 0.2) is 0 Å². The highest BCUT2D eigenvalue weighted by Crippen LogP contribution is 2.44. The molecule has 1 unspecified atom stereocenters. The molecule has 2 aromatic carbocycles. The van der Waals surface area contributed by atoms with E-state index in [9.17, 15) is 14.7 Å². The van der Waals surface area contributed by atoms with Crippen LogP contribution in [0.25, 0.3) is 5.76 Å². The number of aliphatic hydroxyl groups is 1. The number of amides is 1. The molecular weight excluding hydrogens is 442 g/mol. The van der Waals surface area contributed by atoms with Crippen LogP contribution in [0.2, 0.25) is 0 Å². The summed E-state index contributed by atoms with van der Waals surface area (Å²) in [4.78, 5) is 28.3. The Kier molecular flexibility index (Phi) is 6.09. The SMILES string of the molecule is COc1ccc(C(C)(C)C)cc1/C(O)=C1\C(=O)C(=O)N(c2cc(C)cc(C)c2)C1c1ccc(C)o1. The summed E-state index contributed by atoms with van der Waals surface area (Å²) in [5.74, 6) is -0.350. The van der Waals surface area contributed by atoms with Gasteiger partial charge in [0.2, 0.25) is 0 Å². The Morgan fingerprint density at radius 3 is 2.17 bits per heavy atom. The van der Waals surface area contributed by atoms with Crippen molar-refractivity contribution in [3.05, 3.63) is 87.9 Å². The molecule has 1 saturated heterocycles. The molecule has 1 fully saturated rings. The molecule has 1 aromatic heterocycles. The van der Waals surface area contributed by atoms with Crippen LogP contribution in [0.5, 0.6) is 5.75 Å². The van der Waals surface area contributed by atoms with E-state index in [0.29, 0.717) is 28.5 Å². The topological polar surface area (TPSA) is 80.0 Å². The Balaban J connectivity index is 2.00.